The molecule has 0 aliphatic rings. The lowest BCUT2D eigenvalue weighted by Crippen LogP contribution is -2.07. The first-order chi connectivity index (χ1) is 8.60. The fourth-order valence-electron chi connectivity index (χ4n) is 1.87. The molecule has 1 aromatic heterocycles. The molecule has 0 unspecified atom stereocenters. The number of pyridine rings is 1. The van der Waals surface area contributed by atoms with E-state index in [4.69, 9.17) is 4.74 Å². The van der Waals surface area contributed by atoms with Crippen LogP contribution in [-0.2, 0) is 4.74 Å². The summed E-state index contributed by atoms with van der Waals surface area (Å²) in [4.78, 5) is 16.0. The Bertz CT molecular complexity index is 626. The highest BCUT2D eigenvalue weighted by Crippen LogP contribution is 2.32. The second-order valence-corrected chi connectivity index (χ2v) is 4.67. The van der Waals surface area contributed by atoms with Gasteiger partial charge in [0.05, 0.1) is 18.3 Å². The van der Waals surface area contributed by atoms with Gasteiger partial charge in [0.15, 0.2) is 0 Å². The molecule has 0 atom stereocenters. The van der Waals surface area contributed by atoms with Crippen LogP contribution in [0, 0.1) is 6.92 Å². The Labute approximate surface area is 113 Å². The summed E-state index contributed by atoms with van der Waals surface area (Å²) in [7, 11) is 3.13. The number of anilines is 1. The molecule has 94 valence electrons. The maximum atomic E-state index is 11.7. The molecule has 1 N–H and O–H groups in total. The van der Waals surface area contributed by atoms with Gasteiger partial charge in [0.25, 0.3) is 0 Å². The lowest BCUT2D eigenvalue weighted by Gasteiger charge is -2.12. The molecule has 0 amide bonds. The largest absolute Gasteiger partial charge is 0.465 e. The van der Waals surface area contributed by atoms with Crippen molar-refractivity contribution in [2.24, 2.45) is 0 Å². The molecular formula is C13H13BrN2O2. The molecule has 1 aromatic carbocycles. The van der Waals surface area contributed by atoms with E-state index in [-0.39, 0.29) is 0 Å². The van der Waals surface area contributed by atoms with Gasteiger partial charge in [-0.15, -0.1) is 0 Å². The number of carbonyl (C=O) groups excluding carboxylic acids is 1. The van der Waals surface area contributed by atoms with Gasteiger partial charge in [-0.3, -0.25) is 4.98 Å². The molecule has 2 rings (SSSR count). The van der Waals surface area contributed by atoms with Gasteiger partial charge in [-0.25, -0.2) is 4.79 Å². The molecule has 2 aromatic rings. The number of aryl methyl sites for hydroxylation is 1. The minimum atomic E-state index is -0.398. The van der Waals surface area contributed by atoms with Crippen LogP contribution in [-0.4, -0.2) is 25.1 Å². The van der Waals surface area contributed by atoms with Crippen molar-refractivity contribution in [2.75, 3.05) is 19.5 Å². The first-order valence-electron chi connectivity index (χ1n) is 5.44. The number of esters is 1. The first-order valence-corrected chi connectivity index (χ1v) is 6.23. The fourth-order valence-corrected chi connectivity index (χ4v) is 2.31. The Morgan fingerprint density at radius 2 is 2.17 bits per heavy atom. The third-order valence-corrected chi connectivity index (χ3v) is 3.83. The summed E-state index contributed by atoms with van der Waals surface area (Å²) >= 11 is 3.52. The van der Waals surface area contributed by atoms with Crippen LogP contribution >= 0.6 is 15.9 Å². The van der Waals surface area contributed by atoms with Crippen molar-refractivity contribution in [1.29, 1.82) is 0 Å². The molecule has 0 aliphatic carbocycles. The second-order valence-electron chi connectivity index (χ2n) is 3.88. The van der Waals surface area contributed by atoms with Crippen LogP contribution in [0.25, 0.3) is 10.9 Å². The number of hydrogen-bond acceptors (Lipinski definition) is 4. The summed E-state index contributed by atoms with van der Waals surface area (Å²) in [5.41, 5.74) is 3.09. The maximum absolute atomic E-state index is 11.7. The van der Waals surface area contributed by atoms with E-state index in [1.807, 2.05) is 19.1 Å². The van der Waals surface area contributed by atoms with Gasteiger partial charge in [0.2, 0.25) is 0 Å². The zero-order valence-corrected chi connectivity index (χ0v) is 12.0. The van der Waals surface area contributed by atoms with Crippen LogP contribution in [0.3, 0.4) is 0 Å². The molecule has 0 saturated carbocycles. The van der Waals surface area contributed by atoms with Crippen molar-refractivity contribution in [1.82, 2.24) is 4.98 Å². The molecule has 0 saturated heterocycles. The molecule has 0 aliphatic heterocycles. The summed E-state index contributed by atoms with van der Waals surface area (Å²) in [5.74, 6) is -0.398. The number of benzene rings is 1. The molecule has 18 heavy (non-hydrogen) atoms. The zero-order chi connectivity index (χ0) is 13.3. The third-order valence-electron chi connectivity index (χ3n) is 2.83. The van der Waals surface area contributed by atoms with Crippen LogP contribution in [0.5, 0.6) is 0 Å². The van der Waals surface area contributed by atoms with Gasteiger partial charge in [-0.2, -0.15) is 0 Å². The number of methoxy groups -OCH3 is 1. The lowest BCUT2D eigenvalue weighted by molar-refractivity contribution is 0.0601. The summed E-state index contributed by atoms with van der Waals surface area (Å²) in [6, 6.07) is 3.93. The number of ether oxygens (including phenoxy) is 1. The molecule has 0 fully saturated rings. The first kappa shape index (κ1) is 12.8. The van der Waals surface area contributed by atoms with E-state index in [1.165, 1.54) is 13.3 Å². The van der Waals surface area contributed by atoms with Crippen LogP contribution < -0.4 is 5.32 Å². The number of rotatable bonds is 2. The second kappa shape index (κ2) is 4.94. The topological polar surface area (TPSA) is 51.2 Å². The monoisotopic (exact) mass is 308 g/mol. The zero-order valence-electron chi connectivity index (χ0n) is 10.4. The average Bonchev–Trinajstić information content (AvgIpc) is 2.40. The number of aromatic nitrogens is 1. The molecule has 0 bridgehead atoms. The van der Waals surface area contributed by atoms with Gasteiger partial charge in [0.1, 0.15) is 5.56 Å². The van der Waals surface area contributed by atoms with Gasteiger partial charge in [-0.1, -0.05) is 12.1 Å². The highest BCUT2D eigenvalue weighted by molar-refractivity contribution is 9.10. The van der Waals surface area contributed by atoms with E-state index in [0.29, 0.717) is 5.56 Å². The van der Waals surface area contributed by atoms with Crippen LogP contribution in [0.4, 0.5) is 5.69 Å². The standard InChI is InChI=1S/C13H13BrN2O2/c1-7-4-5-8-11(15-2)9(13(17)18-3)6-16-12(8)10(7)14/h4-6H,1-3H3,(H,15,16). The Balaban J connectivity index is 2.81. The quantitative estimate of drug-likeness (QED) is 0.866. The van der Waals surface area contributed by atoms with Crippen LogP contribution in [0.2, 0.25) is 0 Å². The van der Waals surface area contributed by atoms with E-state index in [9.17, 15) is 4.79 Å². The van der Waals surface area contributed by atoms with Crippen molar-refractivity contribution in [2.45, 2.75) is 6.92 Å². The molecule has 4 nitrogen and oxygen atoms in total. The van der Waals surface area contributed by atoms with Gasteiger partial charge < -0.3 is 10.1 Å². The number of nitrogens with zero attached hydrogens (tertiary/aromatic N) is 1. The summed E-state index contributed by atoms with van der Waals surface area (Å²) < 4.78 is 5.69. The van der Waals surface area contributed by atoms with E-state index < -0.39 is 5.97 Å². The Kier molecular flexibility index (Phi) is 3.52. The van der Waals surface area contributed by atoms with Gasteiger partial charge >= 0.3 is 5.97 Å². The number of halogens is 1. The fraction of sp³-hybridized carbons (Fsp3) is 0.231. The van der Waals surface area contributed by atoms with Crippen molar-refractivity contribution in [3.63, 3.8) is 0 Å². The van der Waals surface area contributed by atoms with Crippen molar-refractivity contribution < 1.29 is 9.53 Å². The van der Waals surface area contributed by atoms with E-state index >= 15 is 0 Å². The SMILES string of the molecule is CNc1c(C(=O)OC)cnc2c(Br)c(C)ccc12. The van der Waals surface area contributed by atoms with E-state index in [2.05, 4.69) is 26.2 Å². The molecular weight excluding hydrogens is 296 g/mol. The smallest absolute Gasteiger partial charge is 0.341 e. The molecule has 1 heterocycles. The molecule has 0 radical (unpaired) electrons. The summed E-state index contributed by atoms with van der Waals surface area (Å²) in [6.45, 7) is 2.00. The maximum Gasteiger partial charge on any atom is 0.341 e. The number of hydrogen-bond donors (Lipinski definition) is 1. The van der Waals surface area contributed by atoms with E-state index in [1.54, 1.807) is 7.05 Å². The average molecular weight is 309 g/mol. The minimum Gasteiger partial charge on any atom is -0.465 e. The van der Waals surface area contributed by atoms with Crippen LogP contribution in [0.15, 0.2) is 22.8 Å². The highest BCUT2D eigenvalue weighted by atomic mass is 79.9. The normalized spacial score (nSPS) is 10.4. The van der Waals surface area contributed by atoms with Crippen molar-refractivity contribution in [3.05, 3.63) is 33.9 Å². The predicted octanol–water partition coefficient (Wildman–Crippen LogP) is 3.13. The number of carbonyl (C=O) groups is 1. The number of nitrogens with one attached hydrogen (secondary N) is 1. The predicted molar refractivity (Wildman–Crippen MR) is 75.1 cm³/mol. The Morgan fingerprint density at radius 3 is 2.78 bits per heavy atom. The highest BCUT2D eigenvalue weighted by Gasteiger charge is 2.16. The number of fused-ring (bicyclic) bond motifs is 1. The molecule has 0 spiro atoms. The Morgan fingerprint density at radius 1 is 1.44 bits per heavy atom. The Hall–Kier alpha value is -1.62. The van der Waals surface area contributed by atoms with Crippen molar-refractivity contribution in [3.8, 4) is 0 Å². The van der Waals surface area contributed by atoms with E-state index in [0.717, 1.165) is 26.6 Å². The lowest BCUT2D eigenvalue weighted by atomic mass is 10.1. The van der Waals surface area contributed by atoms with Crippen molar-refractivity contribution >= 4 is 38.5 Å². The third kappa shape index (κ3) is 1.95. The van der Waals surface area contributed by atoms with Gasteiger partial charge in [0, 0.05) is 23.1 Å². The van der Waals surface area contributed by atoms with Gasteiger partial charge in [-0.05, 0) is 28.4 Å². The minimum absolute atomic E-state index is 0.398. The van der Waals surface area contributed by atoms with Crippen LogP contribution in [0.1, 0.15) is 15.9 Å². The summed E-state index contributed by atoms with van der Waals surface area (Å²) in [5, 5.41) is 3.93. The molecule has 5 heteroatoms. The summed E-state index contributed by atoms with van der Waals surface area (Å²) in [6.07, 6.45) is 1.53.